The van der Waals surface area contributed by atoms with E-state index in [1.54, 1.807) is 6.20 Å². The van der Waals surface area contributed by atoms with E-state index in [1.165, 1.54) is 25.8 Å². The lowest BCUT2D eigenvalue weighted by atomic mass is 9.99. The van der Waals surface area contributed by atoms with E-state index in [9.17, 15) is 0 Å². The quantitative estimate of drug-likeness (QED) is 0.798. The third-order valence-electron chi connectivity index (χ3n) is 3.06. The zero-order valence-corrected chi connectivity index (χ0v) is 9.19. The molecule has 2 rings (SSSR count). The molecule has 82 valence electrons. The van der Waals surface area contributed by atoms with Crippen LogP contribution in [0.2, 0.25) is 0 Å². The maximum atomic E-state index is 5.61. The van der Waals surface area contributed by atoms with Crippen LogP contribution < -0.4 is 5.73 Å². The average molecular weight is 206 g/mol. The Labute approximate surface area is 90.5 Å². The Morgan fingerprint density at radius 2 is 2.40 bits per heavy atom. The fourth-order valence-corrected chi connectivity index (χ4v) is 2.28. The van der Waals surface area contributed by atoms with E-state index in [4.69, 9.17) is 5.73 Å². The SMILES string of the molecule is CCN1CCCC[C@@H]1c1ccnc(N)n1. The van der Waals surface area contributed by atoms with Crippen LogP contribution in [0.1, 0.15) is 37.9 Å². The second kappa shape index (κ2) is 4.57. The summed E-state index contributed by atoms with van der Waals surface area (Å²) in [4.78, 5) is 10.7. The summed E-state index contributed by atoms with van der Waals surface area (Å²) in [7, 11) is 0. The molecule has 15 heavy (non-hydrogen) atoms. The first kappa shape index (κ1) is 10.4. The minimum Gasteiger partial charge on any atom is -0.368 e. The molecule has 0 saturated carbocycles. The van der Waals surface area contributed by atoms with Gasteiger partial charge < -0.3 is 5.73 Å². The second-order valence-electron chi connectivity index (χ2n) is 3.98. The molecule has 1 atom stereocenters. The number of hydrogen-bond donors (Lipinski definition) is 1. The van der Waals surface area contributed by atoms with Gasteiger partial charge in [0, 0.05) is 6.20 Å². The number of nitrogens with two attached hydrogens (primary N) is 1. The molecule has 1 aliphatic rings. The Balaban J connectivity index is 2.20. The van der Waals surface area contributed by atoms with Crippen molar-refractivity contribution in [2.45, 2.75) is 32.2 Å². The molecule has 0 aromatic carbocycles. The molecule has 0 amide bonds. The summed E-state index contributed by atoms with van der Waals surface area (Å²) < 4.78 is 0. The summed E-state index contributed by atoms with van der Waals surface area (Å²) in [6.45, 7) is 4.45. The Bertz CT molecular complexity index is 326. The van der Waals surface area contributed by atoms with E-state index in [0.717, 1.165) is 12.2 Å². The molecule has 0 spiro atoms. The molecule has 2 heterocycles. The molecule has 0 radical (unpaired) electrons. The number of likely N-dealkylation sites (tertiary alicyclic amines) is 1. The third-order valence-corrected chi connectivity index (χ3v) is 3.06. The van der Waals surface area contributed by atoms with Crippen LogP contribution >= 0.6 is 0 Å². The maximum absolute atomic E-state index is 5.61. The van der Waals surface area contributed by atoms with E-state index >= 15 is 0 Å². The normalized spacial score (nSPS) is 22.9. The smallest absolute Gasteiger partial charge is 0.220 e. The Kier molecular flexibility index (Phi) is 3.16. The maximum Gasteiger partial charge on any atom is 0.220 e. The highest BCUT2D eigenvalue weighted by molar-refractivity contribution is 5.19. The first-order valence-electron chi connectivity index (χ1n) is 5.63. The van der Waals surface area contributed by atoms with Crippen molar-refractivity contribution in [2.24, 2.45) is 0 Å². The van der Waals surface area contributed by atoms with Crippen molar-refractivity contribution in [3.8, 4) is 0 Å². The molecule has 1 aliphatic heterocycles. The van der Waals surface area contributed by atoms with Gasteiger partial charge in [0.1, 0.15) is 0 Å². The third kappa shape index (κ3) is 2.26. The van der Waals surface area contributed by atoms with Crippen molar-refractivity contribution in [3.63, 3.8) is 0 Å². The largest absolute Gasteiger partial charge is 0.368 e. The number of anilines is 1. The second-order valence-corrected chi connectivity index (χ2v) is 3.98. The van der Waals surface area contributed by atoms with Crippen LogP contribution in [0.15, 0.2) is 12.3 Å². The molecule has 1 saturated heterocycles. The van der Waals surface area contributed by atoms with E-state index in [0.29, 0.717) is 12.0 Å². The van der Waals surface area contributed by atoms with E-state index in [2.05, 4.69) is 21.8 Å². The molecule has 1 fully saturated rings. The Morgan fingerprint density at radius 1 is 1.53 bits per heavy atom. The van der Waals surface area contributed by atoms with Crippen molar-refractivity contribution >= 4 is 5.95 Å². The highest BCUT2D eigenvalue weighted by atomic mass is 15.2. The van der Waals surface area contributed by atoms with Crippen molar-refractivity contribution in [1.29, 1.82) is 0 Å². The molecule has 1 aromatic rings. The summed E-state index contributed by atoms with van der Waals surface area (Å²) in [5, 5.41) is 0. The number of rotatable bonds is 2. The molecule has 4 nitrogen and oxygen atoms in total. The number of nitrogen functional groups attached to an aromatic ring is 1. The molecule has 4 heteroatoms. The fourth-order valence-electron chi connectivity index (χ4n) is 2.28. The van der Waals surface area contributed by atoms with Crippen LogP contribution in [0.25, 0.3) is 0 Å². The molecule has 0 aliphatic carbocycles. The van der Waals surface area contributed by atoms with Crippen molar-refractivity contribution in [2.75, 3.05) is 18.8 Å². The zero-order valence-electron chi connectivity index (χ0n) is 9.19. The summed E-state index contributed by atoms with van der Waals surface area (Å²) in [6.07, 6.45) is 5.51. The van der Waals surface area contributed by atoms with Crippen LogP contribution in [0, 0.1) is 0 Å². The van der Waals surface area contributed by atoms with Crippen LogP contribution in [-0.4, -0.2) is 28.0 Å². The Morgan fingerprint density at radius 3 is 3.13 bits per heavy atom. The monoisotopic (exact) mass is 206 g/mol. The van der Waals surface area contributed by atoms with E-state index in [1.807, 2.05) is 6.07 Å². The average Bonchev–Trinajstić information content (AvgIpc) is 2.29. The van der Waals surface area contributed by atoms with Crippen molar-refractivity contribution in [1.82, 2.24) is 14.9 Å². The first-order chi connectivity index (χ1) is 7.31. The first-order valence-corrected chi connectivity index (χ1v) is 5.63. The van der Waals surface area contributed by atoms with Crippen molar-refractivity contribution in [3.05, 3.63) is 18.0 Å². The number of piperidine rings is 1. The summed E-state index contributed by atoms with van der Waals surface area (Å²) in [5.41, 5.74) is 6.68. The fraction of sp³-hybridized carbons (Fsp3) is 0.636. The highest BCUT2D eigenvalue weighted by Gasteiger charge is 2.23. The zero-order chi connectivity index (χ0) is 10.7. The van der Waals surface area contributed by atoms with Gasteiger partial charge in [0.25, 0.3) is 0 Å². The predicted octanol–water partition coefficient (Wildman–Crippen LogP) is 1.61. The molecule has 0 unspecified atom stereocenters. The van der Waals surface area contributed by atoms with Gasteiger partial charge in [0.05, 0.1) is 11.7 Å². The van der Waals surface area contributed by atoms with Gasteiger partial charge in [-0.15, -0.1) is 0 Å². The minimum absolute atomic E-state index is 0.383. The van der Waals surface area contributed by atoms with E-state index in [-0.39, 0.29) is 0 Å². The standard InChI is InChI=1S/C11H18N4/c1-2-15-8-4-3-5-10(15)9-6-7-13-11(12)14-9/h6-7,10H,2-5,8H2,1H3,(H2,12,13,14)/t10-/m1/s1. The molecule has 1 aromatic heterocycles. The number of nitrogens with zero attached hydrogens (tertiary/aromatic N) is 3. The molecular formula is C11H18N4. The van der Waals surface area contributed by atoms with Gasteiger partial charge in [-0.3, -0.25) is 4.90 Å². The molecule has 2 N–H and O–H groups in total. The summed E-state index contributed by atoms with van der Waals surface area (Å²) in [5.74, 6) is 0.383. The summed E-state index contributed by atoms with van der Waals surface area (Å²) >= 11 is 0. The van der Waals surface area contributed by atoms with Crippen molar-refractivity contribution < 1.29 is 0 Å². The van der Waals surface area contributed by atoms with Gasteiger partial charge in [-0.1, -0.05) is 13.3 Å². The summed E-state index contributed by atoms with van der Waals surface area (Å²) in [6, 6.07) is 2.42. The molecular weight excluding hydrogens is 188 g/mol. The Hall–Kier alpha value is -1.16. The lowest BCUT2D eigenvalue weighted by Gasteiger charge is -2.34. The lowest BCUT2D eigenvalue weighted by Crippen LogP contribution is -2.33. The number of hydrogen-bond acceptors (Lipinski definition) is 4. The van der Waals surface area contributed by atoms with Crippen LogP contribution in [0.5, 0.6) is 0 Å². The lowest BCUT2D eigenvalue weighted by molar-refractivity contribution is 0.154. The molecule has 0 bridgehead atoms. The van der Waals surface area contributed by atoms with Crippen LogP contribution in [-0.2, 0) is 0 Å². The number of aromatic nitrogens is 2. The van der Waals surface area contributed by atoms with Gasteiger partial charge in [0.2, 0.25) is 5.95 Å². The van der Waals surface area contributed by atoms with Gasteiger partial charge in [-0.05, 0) is 32.0 Å². The van der Waals surface area contributed by atoms with Crippen LogP contribution in [0.4, 0.5) is 5.95 Å². The van der Waals surface area contributed by atoms with Gasteiger partial charge >= 0.3 is 0 Å². The van der Waals surface area contributed by atoms with Crippen LogP contribution in [0.3, 0.4) is 0 Å². The van der Waals surface area contributed by atoms with E-state index < -0.39 is 0 Å². The van der Waals surface area contributed by atoms with Gasteiger partial charge in [-0.2, -0.15) is 0 Å². The predicted molar refractivity (Wildman–Crippen MR) is 60.3 cm³/mol. The highest BCUT2D eigenvalue weighted by Crippen LogP contribution is 2.29. The topological polar surface area (TPSA) is 55.0 Å². The van der Waals surface area contributed by atoms with Gasteiger partial charge in [-0.25, -0.2) is 9.97 Å². The van der Waals surface area contributed by atoms with Gasteiger partial charge in [0.15, 0.2) is 0 Å². The minimum atomic E-state index is 0.383.